The molecule has 14 heavy (non-hydrogen) atoms. The van der Waals surface area contributed by atoms with Gasteiger partial charge < -0.3 is 11.1 Å². The average molecular weight is 190 g/mol. The van der Waals surface area contributed by atoms with Crippen LogP contribution in [0.25, 0.3) is 0 Å². The maximum absolute atomic E-state index is 7.01. The van der Waals surface area contributed by atoms with Crippen molar-refractivity contribution in [2.45, 2.75) is 19.4 Å². The highest BCUT2D eigenvalue weighted by atomic mass is 15.0. The number of nitrogens with two attached hydrogens (primary N) is 1. The lowest BCUT2D eigenvalue weighted by atomic mass is 10.1. The van der Waals surface area contributed by atoms with E-state index < -0.39 is 0 Å². The van der Waals surface area contributed by atoms with Crippen LogP contribution in [0.4, 0.5) is 0 Å². The molecule has 0 aliphatic heterocycles. The number of rotatable bonds is 4. The Morgan fingerprint density at radius 1 is 1.29 bits per heavy atom. The van der Waals surface area contributed by atoms with Gasteiger partial charge in [0.05, 0.1) is 0 Å². The number of guanidine groups is 1. The van der Waals surface area contributed by atoms with Crippen LogP contribution in [-0.4, -0.2) is 5.96 Å². The van der Waals surface area contributed by atoms with E-state index in [2.05, 4.69) is 24.4 Å². The van der Waals surface area contributed by atoms with Crippen molar-refractivity contribution in [1.29, 1.82) is 5.41 Å². The van der Waals surface area contributed by atoms with Crippen molar-refractivity contribution >= 4 is 5.96 Å². The normalized spacial score (nSPS) is 9.79. The van der Waals surface area contributed by atoms with E-state index in [4.69, 9.17) is 11.1 Å². The second-order valence-corrected chi connectivity index (χ2v) is 3.19. The van der Waals surface area contributed by atoms with Crippen molar-refractivity contribution in [3.63, 3.8) is 0 Å². The summed E-state index contributed by atoms with van der Waals surface area (Å²) in [6, 6.07) is 8.26. The van der Waals surface area contributed by atoms with Gasteiger partial charge in [-0.3, -0.25) is 5.41 Å². The summed E-state index contributed by atoms with van der Waals surface area (Å²) in [5.74, 6) is 0.00633. The quantitative estimate of drug-likeness (QED) is 0.497. The van der Waals surface area contributed by atoms with Crippen LogP contribution in [0.1, 0.15) is 17.5 Å². The predicted octanol–water partition coefficient (Wildman–Crippen LogP) is 1.44. The molecule has 3 nitrogen and oxygen atoms in total. The second kappa shape index (κ2) is 5.27. The Bertz CT molecular complexity index is 290. The molecule has 1 aromatic carbocycles. The van der Waals surface area contributed by atoms with Gasteiger partial charge in [-0.05, 0) is 24.0 Å². The molecule has 0 saturated carbocycles. The van der Waals surface area contributed by atoms with Crippen LogP contribution in [0.2, 0.25) is 0 Å². The molecule has 0 aromatic heterocycles. The number of nitrogens with one attached hydrogen (secondary N) is 2. The lowest BCUT2D eigenvalue weighted by Crippen LogP contribution is -2.29. The van der Waals surface area contributed by atoms with Crippen molar-refractivity contribution in [3.8, 4) is 0 Å². The molecule has 0 amide bonds. The minimum Gasteiger partial charge on any atom is -0.370 e. The number of hydrogen-bond acceptors (Lipinski definition) is 1. The molecule has 1 aromatic rings. The summed E-state index contributed by atoms with van der Waals surface area (Å²) in [6.45, 7) is 4.42. The highest BCUT2D eigenvalue weighted by molar-refractivity contribution is 5.74. The highest BCUT2D eigenvalue weighted by Crippen LogP contribution is 2.06. The zero-order valence-corrected chi connectivity index (χ0v) is 8.22. The molecule has 0 atom stereocenters. The molecule has 0 bridgehead atoms. The number of hydrogen-bond donors (Lipinski definition) is 3. The smallest absolute Gasteiger partial charge is 0.185 e. The van der Waals surface area contributed by atoms with Gasteiger partial charge in [-0.25, -0.2) is 0 Å². The zero-order chi connectivity index (χ0) is 10.4. The molecule has 0 unspecified atom stereocenters. The van der Waals surface area contributed by atoms with Gasteiger partial charge in [0.2, 0.25) is 0 Å². The van der Waals surface area contributed by atoms with Gasteiger partial charge in [0.25, 0.3) is 0 Å². The first kappa shape index (κ1) is 10.6. The van der Waals surface area contributed by atoms with Crippen molar-refractivity contribution in [1.82, 2.24) is 5.32 Å². The third kappa shape index (κ3) is 3.47. The minimum atomic E-state index is 0.00633. The van der Waals surface area contributed by atoms with Gasteiger partial charge in [0, 0.05) is 6.54 Å². The van der Waals surface area contributed by atoms with Gasteiger partial charge in [0.15, 0.2) is 5.96 Å². The highest BCUT2D eigenvalue weighted by Gasteiger charge is 1.94. The number of benzene rings is 1. The Balaban J connectivity index is 2.50. The minimum absolute atomic E-state index is 0.00633. The number of aryl methyl sites for hydroxylation is 1. The van der Waals surface area contributed by atoms with Crippen molar-refractivity contribution < 1.29 is 0 Å². The van der Waals surface area contributed by atoms with Crippen LogP contribution < -0.4 is 11.1 Å². The van der Waals surface area contributed by atoms with Crippen molar-refractivity contribution in [2.24, 2.45) is 5.73 Å². The maximum Gasteiger partial charge on any atom is 0.185 e. The first-order chi connectivity index (χ1) is 6.72. The van der Waals surface area contributed by atoms with E-state index in [0.29, 0.717) is 6.54 Å². The Labute approximate surface area is 84.8 Å². The van der Waals surface area contributed by atoms with E-state index in [1.54, 1.807) is 0 Å². The third-order valence-corrected chi connectivity index (χ3v) is 1.97. The Morgan fingerprint density at radius 3 is 2.36 bits per heavy atom. The summed E-state index contributed by atoms with van der Waals surface area (Å²) >= 11 is 0. The predicted molar refractivity (Wildman–Crippen MR) is 58.9 cm³/mol. The molecule has 0 heterocycles. The topological polar surface area (TPSA) is 61.9 Å². The van der Waals surface area contributed by atoms with E-state index in [0.717, 1.165) is 18.4 Å². The summed E-state index contributed by atoms with van der Waals surface area (Å²) in [5, 5.41) is 9.77. The summed E-state index contributed by atoms with van der Waals surface area (Å²) in [6.07, 6.45) is 1.94. The van der Waals surface area contributed by atoms with Gasteiger partial charge in [0.1, 0.15) is 0 Å². The van der Waals surface area contributed by atoms with E-state index in [-0.39, 0.29) is 5.96 Å². The molecular formula is C11H16N3. The Morgan fingerprint density at radius 2 is 1.86 bits per heavy atom. The zero-order valence-electron chi connectivity index (χ0n) is 8.22. The van der Waals surface area contributed by atoms with E-state index in [9.17, 15) is 0 Å². The standard InChI is InChI=1S/C11H16N3/c1-2-3-9-4-6-10(7-5-9)8-14-11(12)13/h4-7H,1-3,8H2,(H4,12,13,14). The van der Waals surface area contributed by atoms with E-state index in [1.807, 2.05) is 12.1 Å². The third-order valence-electron chi connectivity index (χ3n) is 1.97. The van der Waals surface area contributed by atoms with Gasteiger partial charge in [-0.1, -0.05) is 31.2 Å². The SMILES string of the molecule is [CH2]CCc1ccc(CNC(=N)N)cc1. The summed E-state index contributed by atoms with van der Waals surface area (Å²) < 4.78 is 0. The second-order valence-electron chi connectivity index (χ2n) is 3.19. The molecule has 75 valence electrons. The van der Waals surface area contributed by atoms with Crippen LogP contribution in [-0.2, 0) is 13.0 Å². The van der Waals surface area contributed by atoms with Crippen LogP contribution in [0.5, 0.6) is 0 Å². The average Bonchev–Trinajstić information content (AvgIpc) is 2.17. The van der Waals surface area contributed by atoms with E-state index in [1.165, 1.54) is 5.56 Å². The fraction of sp³-hybridized carbons (Fsp3) is 0.273. The molecule has 0 fully saturated rings. The summed E-state index contributed by atoms with van der Waals surface area (Å²) in [4.78, 5) is 0. The van der Waals surface area contributed by atoms with Crippen LogP contribution in [0, 0.1) is 12.3 Å². The van der Waals surface area contributed by atoms with Gasteiger partial charge in [-0.15, -0.1) is 0 Å². The lowest BCUT2D eigenvalue weighted by molar-refractivity contribution is 0.893. The first-order valence-corrected chi connectivity index (χ1v) is 4.67. The molecular weight excluding hydrogens is 174 g/mol. The first-order valence-electron chi connectivity index (χ1n) is 4.67. The van der Waals surface area contributed by atoms with Crippen LogP contribution >= 0.6 is 0 Å². The Kier molecular flexibility index (Phi) is 3.98. The van der Waals surface area contributed by atoms with Gasteiger partial charge >= 0.3 is 0 Å². The summed E-state index contributed by atoms with van der Waals surface area (Å²) in [5.41, 5.74) is 7.61. The fourth-order valence-electron chi connectivity index (χ4n) is 1.23. The lowest BCUT2D eigenvalue weighted by Gasteiger charge is -2.04. The molecule has 1 rings (SSSR count). The monoisotopic (exact) mass is 190 g/mol. The van der Waals surface area contributed by atoms with Gasteiger partial charge in [-0.2, -0.15) is 0 Å². The van der Waals surface area contributed by atoms with Crippen molar-refractivity contribution in [2.75, 3.05) is 0 Å². The maximum atomic E-state index is 7.01. The fourth-order valence-corrected chi connectivity index (χ4v) is 1.23. The molecule has 4 N–H and O–H groups in total. The van der Waals surface area contributed by atoms with E-state index >= 15 is 0 Å². The molecule has 1 radical (unpaired) electrons. The largest absolute Gasteiger partial charge is 0.370 e. The molecule has 0 saturated heterocycles. The molecule has 0 aliphatic carbocycles. The molecule has 0 spiro atoms. The Hall–Kier alpha value is -1.51. The molecule has 0 aliphatic rings. The van der Waals surface area contributed by atoms with Crippen LogP contribution in [0.3, 0.4) is 0 Å². The molecule has 3 heteroatoms. The summed E-state index contributed by atoms with van der Waals surface area (Å²) in [7, 11) is 0. The van der Waals surface area contributed by atoms with Crippen molar-refractivity contribution in [3.05, 3.63) is 42.3 Å². The van der Waals surface area contributed by atoms with Crippen LogP contribution in [0.15, 0.2) is 24.3 Å².